The summed E-state index contributed by atoms with van der Waals surface area (Å²) >= 11 is 0. The molecule has 0 aliphatic heterocycles. The third-order valence-corrected chi connectivity index (χ3v) is 2.85. The Labute approximate surface area is 98.4 Å². The molecule has 1 amide bonds. The van der Waals surface area contributed by atoms with Crippen LogP contribution in [0.25, 0.3) is 11.0 Å². The first-order valence-corrected chi connectivity index (χ1v) is 5.49. The van der Waals surface area contributed by atoms with Gasteiger partial charge in [0, 0.05) is 20.5 Å². The molecule has 90 valence electrons. The van der Waals surface area contributed by atoms with Crippen molar-refractivity contribution in [1.29, 1.82) is 0 Å². The molecule has 0 saturated heterocycles. The summed E-state index contributed by atoms with van der Waals surface area (Å²) in [6.07, 6.45) is 0.777. The van der Waals surface area contributed by atoms with Crippen LogP contribution in [0.4, 0.5) is 0 Å². The van der Waals surface area contributed by atoms with Crippen LogP contribution in [-0.4, -0.2) is 34.4 Å². The summed E-state index contributed by atoms with van der Waals surface area (Å²) in [4.78, 5) is 29.2. The van der Waals surface area contributed by atoms with Crippen LogP contribution in [0.3, 0.4) is 0 Å². The van der Waals surface area contributed by atoms with Gasteiger partial charge < -0.3 is 14.9 Å². The minimum atomic E-state index is -0.196. The number of benzene rings is 1. The van der Waals surface area contributed by atoms with Crippen LogP contribution in [0.2, 0.25) is 0 Å². The maximum atomic E-state index is 11.1. The molecule has 0 aliphatic carbocycles. The number of carbonyl (C=O) groups excluding carboxylic acids is 1. The molecule has 5 nitrogen and oxygen atoms in total. The summed E-state index contributed by atoms with van der Waals surface area (Å²) in [5.41, 5.74) is 2.51. The molecule has 1 heterocycles. The standard InChI is InChI=1S/C12H15N3O2/c1-8(16)15(2)6-5-9-3-4-10-11(7-9)14-12(17)13-10/h3-4,7H,5-6H2,1-2H3,(H2,13,14,17). The van der Waals surface area contributed by atoms with E-state index in [0.29, 0.717) is 6.54 Å². The van der Waals surface area contributed by atoms with E-state index in [0.717, 1.165) is 23.0 Å². The normalized spacial score (nSPS) is 10.7. The molecule has 0 fully saturated rings. The van der Waals surface area contributed by atoms with Crippen molar-refractivity contribution >= 4 is 16.9 Å². The highest BCUT2D eigenvalue weighted by Gasteiger charge is 2.04. The molecule has 2 N–H and O–H groups in total. The first-order chi connectivity index (χ1) is 8.06. The lowest BCUT2D eigenvalue weighted by Crippen LogP contribution is -2.26. The zero-order valence-electron chi connectivity index (χ0n) is 9.91. The van der Waals surface area contributed by atoms with Crippen molar-refractivity contribution in [3.8, 4) is 0 Å². The highest BCUT2D eigenvalue weighted by atomic mass is 16.2. The Balaban J connectivity index is 2.14. The van der Waals surface area contributed by atoms with Gasteiger partial charge in [0.15, 0.2) is 0 Å². The zero-order valence-corrected chi connectivity index (χ0v) is 9.91. The Bertz CT molecular complexity index is 597. The molecule has 0 spiro atoms. The maximum Gasteiger partial charge on any atom is 0.323 e. The SMILES string of the molecule is CC(=O)N(C)CCc1ccc2[nH]c(=O)[nH]c2c1. The quantitative estimate of drug-likeness (QED) is 0.826. The summed E-state index contributed by atoms with van der Waals surface area (Å²) in [5.74, 6) is 0.0566. The summed E-state index contributed by atoms with van der Waals surface area (Å²) in [6.45, 7) is 2.22. The molecule has 1 aromatic carbocycles. The number of rotatable bonds is 3. The lowest BCUT2D eigenvalue weighted by atomic mass is 10.1. The van der Waals surface area contributed by atoms with Crippen molar-refractivity contribution in [2.45, 2.75) is 13.3 Å². The molecule has 0 unspecified atom stereocenters. The lowest BCUT2D eigenvalue weighted by Gasteiger charge is -2.14. The van der Waals surface area contributed by atoms with E-state index < -0.39 is 0 Å². The Morgan fingerprint density at radius 2 is 2.00 bits per heavy atom. The van der Waals surface area contributed by atoms with Gasteiger partial charge in [0.05, 0.1) is 11.0 Å². The minimum absolute atomic E-state index is 0.0566. The highest BCUT2D eigenvalue weighted by Crippen LogP contribution is 2.10. The molecule has 17 heavy (non-hydrogen) atoms. The van der Waals surface area contributed by atoms with E-state index >= 15 is 0 Å². The predicted molar refractivity (Wildman–Crippen MR) is 65.9 cm³/mol. The van der Waals surface area contributed by atoms with Gasteiger partial charge in [-0.1, -0.05) is 6.07 Å². The van der Waals surface area contributed by atoms with Crippen molar-refractivity contribution in [3.63, 3.8) is 0 Å². The smallest absolute Gasteiger partial charge is 0.323 e. The lowest BCUT2D eigenvalue weighted by molar-refractivity contribution is -0.127. The fourth-order valence-electron chi connectivity index (χ4n) is 1.69. The van der Waals surface area contributed by atoms with Crippen LogP contribution in [0.15, 0.2) is 23.0 Å². The topological polar surface area (TPSA) is 69.0 Å². The Hall–Kier alpha value is -2.04. The number of hydrogen-bond donors (Lipinski definition) is 2. The van der Waals surface area contributed by atoms with E-state index in [1.165, 1.54) is 0 Å². The average Bonchev–Trinajstić information content (AvgIpc) is 2.64. The summed E-state index contributed by atoms with van der Waals surface area (Å²) in [6, 6.07) is 5.76. The molecule has 0 saturated carbocycles. The number of likely N-dealkylation sites (N-methyl/N-ethyl adjacent to an activating group) is 1. The Morgan fingerprint density at radius 1 is 1.29 bits per heavy atom. The van der Waals surface area contributed by atoms with Crippen LogP contribution >= 0.6 is 0 Å². The van der Waals surface area contributed by atoms with E-state index in [9.17, 15) is 9.59 Å². The molecule has 0 bridgehead atoms. The van der Waals surface area contributed by atoms with E-state index in [-0.39, 0.29) is 11.6 Å². The van der Waals surface area contributed by atoms with Crippen molar-refractivity contribution in [2.75, 3.05) is 13.6 Å². The van der Waals surface area contributed by atoms with Gasteiger partial charge in [-0.2, -0.15) is 0 Å². The molecule has 1 aromatic heterocycles. The van der Waals surface area contributed by atoms with Gasteiger partial charge in [0.1, 0.15) is 0 Å². The van der Waals surface area contributed by atoms with Gasteiger partial charge in [0.25, 0.3) is 0 Å². The number of aromatic nitrogens is 2. The summed E-state index contributed by atoms with van der Waals surface area (Å²) < 4.78 is 0. The molecule has 0 atom stereocenters. The number of amides is 1. The average molecular weight is 233 g/mol. The fourth-order valence-corrected chi connectivity index (χ4v) is 1.69. The minimum Gasteiger partial charge on any atom is -0.346 e. The van der Waals surface area contributed by atoms with Gasteiger partial charge in [-0.05, 0) is 24.1 Å². The number of aromatic amines is 2. The summed E-state index contributed by atoms with van der Waals surface area (Å²) in [7, 11) is 1.78. The molecule has 0 radical (unpaired) electrons. The van der Waals surface area contributed by atoms with Gasteiger partial charge >= 0.3 is 5.69 Å². The largest absolute Gasteiger partial charge is 0.346 e. The molecular formula is C12H15N3O2. The highest BCUT2D eigenvalue weighted by molar-refractivity contribution is 5.75. The van der Waals surface area contributed by atoms with Gasteiger partial charge in [-0.25, -0.2) is 4.79 Å². The van der Waals surface area contributed by atoms with E-state index in [4.69, 9.17) is 0 Å². The Kier molecular flexibility index (Phi) is 2.99. The Morgan fingerprint density at radius 3 is 2.71 bits per heavy atom. The van der Waals surface area contributed by atoms with E-state index in [1.54, 1.807) is 18.9 Å². The number of fused-ring (bicyclic) bond motifs is 1. The molecule has 0 aliphatic rings. The number of carbonyl (C=O) groups is 1. The van der Waals surface area contributed by atoms with Crippen LogP contribution in [0.1, 0.15) is 12.5 Å². The number of hydrogen-bond acceptors (Lipinski definition) is 2. The molecule has 2 aromatic rings. The molecule has 2 rings (SSSR count). The second-order valence-electron chi connectivity index (χ2n) is 4.15. The second kappa shape index (κ2) is 4.45. The van der Waals surface area contributed by atoms with Crippen molar-refractivity contribution in [2.24, 2.45) is 0 Å². The number of nitrogens with zero attached hydrogens (tertiary/aromatic N) is 1. The predicted octanol–water partition coefficient (Wildman–Crippen LogP) is 0.877. The third kappa shape index (κ3) is 2.55. The van der Waals surface area contributed by atoms with Crippen molar-refractivity contribution in [1.82, 2.24) is 14.9 Å². The van der Waals surface area contributed by atoms with Crippen LogP contribution in [0.5, 0.6) is 0 Å². The second-order valence-corrected chi connectivity index (χ2v) is 4.15. The van der Waals surface area contributed by atoms with E-state index in [2.05, 4.69) is 9.97 Å². The zero-order chi connectivity index (χ0) is 12.4. The molecule has 5 heteroatoms. The number of nitrogens with one attached hydrogen (secondary N) is 2. The molecular weight excluding hydrogens is 218 g/mol. The van der Waals surface area contributed by atoms with Gasteiger partial charge in [0.2, 0.25) is 5.91 Å². The monoisotopic (exact) mass is 233 g/mol. The third-order valence-electron chi connectivity index (χ3n) is 2.85. The number of H-pyrrole nitrogens is 2. The number of imidazole rings is 1. The van der Waals surface area contributed by atoms with Crippen LogP contribution in [0, 0.1) is 0 Å². The van der Waals surface area contributed by atoms with Crippen LogP contribution in [-0.2, 0) is 11.2 Å². The van der Waals surface area contributed by atoms with E-state index in [1.807, 2.05) is 18.2 Å². The first-order valence-electron chi connectivity index (χ1n) is 5.49. The maximum absolute atomic E-state index is 11.1. The van der Waals surface area contributed by atoms with Crippen molar-refractivity contribution < 1.29 is 4.79 Å². The fraction of sp³-hybridized carbons (Fsp3) is 0.333. The van der Waals surface area contributed by atoms with Crippen LogP contribution < -0.4 is 5.69 Å². The van der Waals surface area contributed by atoms with Crippen molar-refractivity contribution in [3.05, 3.63) is 34.2 Å². The summed E-state index contributed by atoms with van der Waals surface area (Å²) in [5, 5.41) is 0. The first kappa shape index (κ1) is 11.4. The van der Waals surface area contributed by atoms with Gasteiger partial charge in [-0.15, -0.1) is 0 Å². The van der Waals surface area contributed by atoms with Gasteiger partial charge in [-0.3, -0.25) is 4.79 Å².